The van der Waals surface area contributed by atoms with Gasteiger partial charge in [0.2, 0.25) is 5.82 Å². The summed E-state index contributed by atoms with van der Waals surface area (Å²) in [6, 6.07) is 7.42. The maximum Gasteiger partial charge on any atom is 0.420 e. The topological polar surface area (TPSA) is 136 Å². The molecule has 1 atom stereocenters. The third-order valence-corrected chi connectivity index (χ3v) is 7.30. The molecular formula is C27H27Cl2F6N9O3. The third kappa shape index (κ3) is 7.77. The second-order valence-electron chi connectivity index (χ2n) is 11.1. The fourth-order valence-corrected chi connectivity index (χ4v) is 5.01. The number of carbonyl (C=O) groups is 1. The molecule has 5 rings (SSSR count). The van der Waals surface area contributed by atoms with Gasteiger partial charge in [0.15, 0.2) is 23.6 Å². The monoisotopic (exact) mass is 709 g/mol. The number of piperazine rings is 1. The van der Waals surface area contributed by atoms with Gasteiger partial charge in [-0.2, -0.15) is 31.0 Å². The molecule has 254 valence electrons. The van der Waals surface area contributed by atoms with Gasteiger partial charge in [0.1, 0.15) is 12.1 Å². The van der Waals surface area contributed by atoms with Crippen LogP contribution in [0.25, 0.3) is 17.2 Å². The standard InChI is InChI=1S/C27H26ClF6N9O3.ClH/c1-25(2)14-40(11-10-36-25)23(45)22-37-19(38-43(22)21-17(26(29,30)31)4-3-9-35-21)13-42-24(46)41(12-18(44)27(32,33)34)20(39-42)15-5-7-16(28)8-6-15;/h3-9,18,36,44H,10-14H2,1-2H3;1H/t18-;/m0./s1. The second-order valence-corrected chi connectivity index (χ2v) is 11.5. The average molecular weight is 710 g/mol. The molecular weight excluding hydrogens is 683 g/mol. The summed E-state index contributed by atoms with van der Waals surface area (Å²) in [5, 5.41) is 21.5. The third-order valence-electron chi connectivity index (χ3n) is 7.04. The van der Waals surface area contributed by atoms with Crippen molar-refractivity contribution in [1.29, 1.82) is 0 Å². The molecule has 0 saturated carbocycles. The minimum atomic E-state index is -5.06. The fourth-order valence-electron chi connectivity index (χ4n) is 4.88. The van der Waals surface area contributed by atoms with E-state index in [9.17, 15) is 41.0 Å². The van der Waals surface area contributed by atoms with Crippen LogP contribution in [0.2, 0.25) is 5.02 Å². The van der Waals surface area contributed by atoms with Crippen LogP contribution in [-0.4, -0.2) is 87.5 Å². The molecule has 2 N–H and O–H groups in total. The Kier molecular flexibility index (Phi) is 10.1. The first-order valence-electron chi connectivity index (χ1n) is 13.7. The van der Waals surface area contributed by atoms with Gasteiger partial charge in [-0.25, -0.2) is 19.4 Å². The Morgan fingerprint density at radius 3 is 2.40 bits per heavy atom. The average Bonchev–Trinajstić information content (AvgIpc) is 3.53. The first kappa shape index (κ1) is 35.8. The van der Waals surface area contributed by atoms with Gasteiger partial charge < -0.3 is 15.3 Å². The van der Waals surface area contributed by atoms with E-state index in [-0.39, 0.29) is 42.7 Å². The normalized spacial score (nSPS) is 15.7. The molecule has 0 spiro atoms. The minimum absolute atomic E-state index is 0. The van der Waals surface area contributed by atoms with Gasteiger partial charge in [-0.05, 0) is 50.2 Å². The Labute approximate surface area is 273 Å². The summed E-state index contributed by atoms with van der Waals surface area (Å²) in [6.45, 7) is 2.56. The summed E-state index contributed by atoms with van der Waals surface area (Å²) in [5.74, 6) is -2.68. The van der Waals surface area contributed by atoms with E-state index in [1.807, 2.05) is 13.8 Å². The Morgan fingerprint density at radius 1 is 1.11 bits per heavy atom. The lowest BCUT2D eigenvalue weighted by molar-refractivity contribution is -0.207. The van der Waals surface area contributed by atoms with Crippen LogP contribution < -0.4 is 11.0 Å². The van der Waals surface area contributed by atoms with Crippen molar-refractivity contribution in [2.45, 2.75) is 50.9 Å². The maximum absolute atomic E-state index is 14.0. The molecule has 12 nitrogen and oxygen atoms in total. The van der Waals surface area contributed by atoms with Gasteiger partial charge in [-0.15, -0.1) is 22.6 Å². The summed E-state index contributed by atoms with van der Waals surface area (Å²) in [5.41, 5.74) is -2.68. The number of aliphatic hydroxyl groups is 1. The molecule has 1 fully saturated rings. The number of aliphatic hydroxyl groups excluding tert-OH is 1. The van der Waals surface area contributed by atoms with Crippen molar-refractivity contribution < 1.29 is 36.2 Å². The lowest BCUT2D eigenvalue weighted by Gasteiger charge is -2.38. The number of aromatic nitrogens is 7. The van der Waals surface area contributed by atoms with Gasteiger partial charge in [0, 0.05) is 42.0 Å². The number of carbonyl (C=O) groups excluding carboxylic acids is 1. The van der Waals surface area contributed by atoms with Gasteiger partial charge in [0.05, 0.1) is 6.54 Å². The highest BCUT2D eigenvalue weighted by atomic mass is 35.5. The number of pyridine rings is 1. The van der Waals surface area contributed by atoms with Crippen molar-refractivity contribution in [2.24, 2.45) is 0 Å². The van der Waals surface area contributed by atoms with E-state index < -0.39 is 65.9 Å². The number of benzene rings is 1. The Bertz CT molecular complexity index is 1800. The van der Waals surface area contributed by atoms with Crippen LogP contribution in [0.4, 0.5) is 26.3 Å². The molecule has 1 aliphatic heterocycles. The summed E-state index contributed by atoms with van der Waals surface area (Å²) in [6.07, 6.45) is -11.8. The van der Waals surface area contributed by atoms with Crippen LogP contribution in [0.15, 0.2) is 47.4 Å². The van der Waals surface area contributed by atoms with E-state index in [0.29, 0.717) is 25.5 Å². The highest BCUT2D eigenvalue weighted by Gasteiger charge is 2.40. The number of rotatable bonds is 7. The van der Waals surface area contributed by atoms with Crippen LogP contribution in [0.5, 0.6) is 0 Å². The number of alkyl halides is 6. The van der Waals surface area contributed by atoms with E-state index >= 15 is 0 Å². The lowest BCUT2D eigenvalue weighted by atomic mass is 10.0. The smallest absolute Gasteiger partial charge is 0.382 e. The van der Waals surface area contributed by atoms with Crippen molar-refractivity contribution in [3.8, 4) is 17.2 Å². The molecule has 0 unspecified atom stereocenters. The SMILES string of the molecule is CC1(C)CN(C(=O)c2nc(Cn3nc(-c4ccc(Cl)cc4)n(C[C@H](O)C(F)(F)F)c3=O)nn2-c2ncccc2C(F)(F)F)CCN1.Cl. The Morgan fingerprint density at radius 2 is 1.79 bits per heavy atom. The number of amides is 1. The van der Waals surface area contributed by atoms with E-state index in [2.05, 4.69) is 25.5 Å². The van der Waals surface area contributed by atoms with Crippen LogP contribution in [0, 0.1) is 0 Å². The molecule has 1 aliphatic rings. The van der Waals surface area contributed by atoms with Gasteiger partial charge in [-0.3, -0.25) is 9.36 Å². The largest absolute Gasteiger partial charge is 0.420 e. The highest BCUT2D eigenvalue weighted by Crippen LogP contribution is 2.33. The highest BCUT2D eigenvalue weighted by molar-refractivity contribution is 6.30. The number of nitrogens with one attached hydrogen (secondary N) is 1. The minimum Gasteiger partial charge on any atom is -0.382 e. The quantitative estimate of drug-likeness (QED) is 0.278. The molecule has 1 amide bonds. The van der Waals surface area contributed by atoms with Crippen LogP contribution >= 0.6 is 24.0 Å². The summed E-state index contributed by atoms with van der Waals surface area (Å²) >= 11 is 5.92. The van der Waals surface area contributed by atoms with Gasteiger partial charge >= 0.3 is 18.0 Å². The Hall–Kier alpha value is -4.00. The summed E-state index contributed by atoms with van der Waals surface area (Å²) < 4.78 is 83.6. The molecule has 0 aliphatic carbocycles. The molecule has 4 aromatic rings. The lowest BCUT2D eigenvalue weighted by Crippen LogP contribution is -2.58. The van der Waals surface area contributed by atoms with Crippen LogP contribution in [0.3, 0.4) is 0 Å². The van der Waals surface area contributed by atoms with E-state index in [1.54, 1.807) is 0 Å². The van der Waals surface area contributed by atoms with Crippen LogP contribution in [0.1, 0.15) is 35.9 Å². The molecule has 3 aromatic heterocycles. The summed E-state index contributed by atoms with van der Waals surface area (Å²) in [7, 11) is 0. The molecule has 0 bridgehead atoms. The van der Waals surface area contributed by atoms with Gasteiger partial charge in [0.25, 0.3) is 5.91 Å². The number of nitrogens with zero attached hydrogens (tertiary/aromatic N) is 8. The van der Waals surface area contributed by atoms with Crippen molar-refractivity contribution in [2.75, 3.05) is 19.6 Å². The van der Waals surface area contributed by atoms with E-state index in [1.165, 1.54) is 29.2 Å². The van der Waals surface area contributed by atoms with Gasteiger partial charge in [-0.1, -0.05) is 11.6 Å². The number of hydrogen-bond donors (Lipinski definition) is 2. The predicted octanol–water partition coefficient (Wildman–Crippen LogP) is 3.58. The molecule has 20 heteroatoms. The maximum atomic E-state index is 14.0. The zero-order valence-electron chi connectivity index (χ0n) is 24.5. The van der Waals surface area contributed by atoms with Crippen molar-refractivity contribution in [3.63, 3.8) is 0 Å². The number of hydrogen-bond acceptors (Lipinski definition) is 8. The fraction of sp³-hybridized carbons (Fsp3) is 0.407. The zero-order valence-corrected chi connectivity index (χ0v) is 26.1. The molecule has 4 heterocycles. The van der Waals surface area contributed by atoms with Crippen molar-refractivity contribution >= 4 is 29.9 Å². The second kappa shape index (κ2) is 13.2. The molecule has 1 saturated heterocycles. The van der Waals surface area contributed by atoms with Crippen molar-refractivity contribution in [3.05, 3.63) is 75.3 Å². The van der Waals surface area contributed by atoms with Crippen molar-refractivity contribution in [1.82, 2.24) is 44.3 Å². The Balaban J connectivity index is 0.00000500. The van der Waals surface area contributed by atoms with Crippen LogP contribution in [-0.2, 0) is 19.3 Å². The molecule has 47 heavy (non-hydrogen) atoms. The predicted molar refractivity (Wildman–Crippen MR) is 157 cm³/mol. The zero-order chi connectivity index (χ0) is 33.6. The number of halogens is 8. The summed E-state index contributed by atoms with van der Waals surface area (Å²) in [4.78, 5) is 36.4. The van der Waals surface area contributed by atoms with E-state index in [4.69, 9.17) is 11.6 Å². The first-order chi connectivity index (χ1) is 21.4. The first-order valence-corrected chi connectivity index (χ1v) is 14.0. The van der Waals surface area contributed by atoms with E-state index in [0.717, 1.165) is 18.3 Å². The molecule has 1 aromatic carbocycles. The molecule has 0 radical (unpaired) electrons.